The predicted molar refractivity (Wildman–Crippen MR) is 79.7 cm³/mol. The Morgan fingerprint density at radius 2 is 1.83 bits per heavy atom. The van der Waals surface area contributed by atoms with Crippen molar-refractivity contribution in [3.05, 3.63) is 11.1 Å². The van der Waals surface area contributed by atoms with Gasteiger partial charge in [0.2, 0.25) is 0 Å². The average Bonchev–Trinajstić information content (AvgIpc) is 2.52. The molecule has 0 radical (unpaired) electrons. The van der Waals surface area contributed by atoms with E-state index >= 15 is 0 Å². The van der Waals surface area contributed by atoms with Crippen LogP contribution in [0, 0.1) is 17.3 Å². The summed E-state index contributed by atoms with van der Waals surface area (Å²) in [6, 6.07) is 0.904. The van der Waals surface area contributed by atoms with Crippen LogP contribution >= 0.6 is 0 Å². The molecule has 0 aromatic rings. The van der Waals surface area contributed by atoms with E-state index in [1.807, 2.05) is 13.8 Å². The number of allylic oxidation sites excluding steroid dienone is 2. The van der Waals surface area contributed by atoms with E-state index in [-0.39, 0.29) is 0 Å². The summed E-state index contributed by atoms with van der Waals surface area (Å²) in [5.74, 6) is 1.82. The molecule has 0 bridgehead atoms. The third kappa shape index (κ3) is 1.78. The number of hydrogen-bond acceptors (Lipinski definition) is 1. The Hall–Kier alpha value is -0.300. The number of rotatable bonds is 0. The minimum atomic E-state index is 0.610. The van der Waals surface area contributed by atoms with Crippen LogP contribution in [0.5, 0.6) is 0 Å². The number of fused-ring (bicyclic) bond motifs is 2. The number of piperidine rings is 1. The molecule has 3 aliphatic rings. The largest absolute Gasteiger partial charge is 0.303 e. The molecule has 2 aliphatic carbocycles. The highest BCUT2D eigenvalue weighted by molar-refractivity contribution is 5.31. The Morgan fingerprint density at radius 3 is 2.28 bits per heavy atom. The zero-order chi connectivity index (χ0) is 13.5. The lowest BCUT2D eigenvalue weighted by atomic mass is 9.55. The molecule has 3 rings (SSSR count). The molecule has 2 fully saturated rings. The van der Waals surface area contributed by atoms with Gasteiger partial charge in [-0.3, -0.25) is 0 Å². The summed E-state index contributed by atoms with van der Waals surface area (Å²) in [6.45, 7) is 12.6. The van der Waals surface area contributed by atoms with Gasteiger partial charge >= 0.3 is 0 Å². The molecule has 18 heavy (non-hydrogen) atoms. The molecule has 4 atom stereocenters. The summed E-state index contributed by atoms with van der Waals surface area (Å²) in [4.78, 5) is 2.62. The van der Waals surface area contributed by atoms with Gasteiger partial charge in [0.15, 0.2) is 0 Å². The zero-order valence-corrected chi connectivity index (χ0v) is 13.2. The second-order valence-electron chi connectivity index (χ2n) is 6.55. The Bertz CT molecular complexity index is 344. The van der Waals surface area contributed by atoms with E-state index in [1.54, 1.807) is 11.1 Å². The average molecular weight is 249 g/mol. The topological polar surface area (TPSA) is 3.24 Å². The van der Waals surface area contributed by atoms with E-state index < -0.39 is 0 Å². The van der Waals surface area contributed by atoms with Crippen LogP contribution in [0.2, 0.25) is 0 Å². The molecule has 1 spiro atoms. The third-order valence-electron chi connectivity index (χ3n) is 6.17. The number of likely N-dealkylation sites (tertiary alicyclic amines) is 1. The van der Waals surface area contributed by atoms with Crippen molar-refractivity contribution in [1.82, 2.24) is 4.90 Å². The Balaban J connectivity index is 0.000000574. The number of nitrogens with zero attached hydrogens (tertiary/aromatic N) is 1. The minimum absolute atomic E-state index is 0.610. The molecular formula is C17H31N. The van der Waals surface area contributed by atoms with Crippen molar-refractivity contribution in [1.29, 1.82) is 0 Å². The molecule has 1 nitrogen and oxygen atoms in total. The Morgan fingerprint density at radius 1 is 1.17 bits per heavy atom. The number of hydrogen-bond donors (Lipinski definition) is 0. The lowest BCUT2D eigenvalue weighted by Gasteiger charge is -2.57. The molecule has 4 unspecified atom stereocenters. The molecule has 1 heteroatoms. The second kappa shape index (κ2) is 5.00. The minimum Gasteiger partial charge on any atom is -0.303 e. The fourth-order valence-corrected chi connectivity index (χ4v) is 4.72. The maximum absolute atomic E-state index is 2.62. The molecule has 1 aliphatic heterocycles. The lowest BCUT2D eigenvalue weighted by Crippen LogP contribution is -2.58. The maximum atomic E-state index is 2.62. The SMILES string of the molecule is CC.CC1=C(C)C2(CCN(C)C3CCC32)CC1C. The van der Waals surface area contributed by atoms with Crippen LogP contribution < -0.4 is 0 Å². The molecule has 1 saturated carbocycles. The fourth-order valence-electron chi connectivity index (χ4n) is 4.72. The van der Waals surface area contributed by atoms with Crippen molar-refractivity contribution < 1.29 is 0 Å². The zero-order valence-electron chi connectivity index (χ0n) is 13.2. The first kappa shape index (κ1) is 14.1. The quantitative estimate of drug-likeness (QED) is 0.572. The summed E-state index contributed by atoms with van der Waals surface area (Å²) < 4.78 is 0. The van der Waals surface area contributed by atoms with Crippen molar-refractivity contribution in [2.75, 3.05) is 13.6 Å². The molecule has 104 valence electrons. The summed E-state index contributed by atoms with van der Waals surface area (Å²) in [5, 5.41) is 0. The first-order chi connectivity index (χ1) is 8.56. The monoisotopic (exact) mass is 249 g/mol. The van der Waals surface area contributed by atoms with Crippen LogP contribution in [0.25, 0.3) is 0 Å². The smallest absolute Gasteiger partial charge is 0.0129 e. The highest BCUT2D eigenvalue weighted by atomic mass is 15.2. The first-order valence-corrected chi connectivity index (χ1v) is 7.94. The van der Waals surface area contributed by atoms with E-state index in [1.165, 1.54) is 32.2 Å². The first-order valence-electron chi connectivity index (χ1n) is 7.94. The van der Waals surface area contributed by atoms with Crippen LogP contribution in [0.15, 0.2) is 11.1 Å². The molecule has 1 heterocycles. The highest BCUT2D eigenvalue weighted by Crippen LogP contribution is 2.60. The normalized spacial score (nSPS) is 43.3. The Kier molecular flexibility index (Phi) is 3.92. The maximum Gasteiger partial charge on any atom is 0.0129 e. The van der Waals surface area contributed by atoms with Crippen molar-refractivity contribution in [2.24, 2.45) is 17.3 Å². The summed E-state index contributed by atoms with van der Waals surface area (Å²) in [5.41, 5.74) is 4.08. The fraction of sp³-hybridized carbons (Fsp3) is 0.882. The molecule has 0 N–H and O–H groups in total. The summed E-state index contributed by atoms with van der Waals surface area (Å²) in [6.07, 6.45) is 5.79. The van der Waals surface area contributed by atoms with Crippen LogP contribution in [-0.2, 0) is 0 Å². The van der Waals surface area contributed by atoms with Gasteiger partial charge < -0.3 is 4.90 Å². The van der Waals surface area contributed by atoms with Crippen LogP contribution in [0.1, 0.15) is 60.3 Å². The molecule has 1 saturated heterocycles. The summed E-state index contributed by atoms with van der Waals surface area (Å²) >= 11 is 0. The van der Waals surface area contributed by atoms with Gasteiger partial charge in [0.1, 0.15) is 0 Å². The van der Waals surface area contributed by atoms with Crippen molar-refractivity contribution in [2.45, 2.75) is 66.3 Å². The van der Waals surface area contributed by atoms with Gasteiger partial charge in [-0.05, 0) is 70.4 Å². The van der Waals surface area contributed by atoms with Crippen LogP contribution in [-0.4, -0.2) is 24.5 Å². The van der Waals surface area contributed by atoms with Crippen LogP contribution in [0.3, 0.4) is 0 Å². The van der Waals surface area contributed by atoms with E-state index in [0.717, 1.165) is 17.9 Å². The van der Waals surface area contributed by atoms with Gasteiger partial charge in [-0.15, -0.1) is 0 Å². The van der Waals surface area contributed by atoms with Crippen LogP contribution in [0.4, 0.5) is 0 Å². The molecular weight excluding hydrogens is 218 g/mol. The predicted octanol–water partition coefficient (Wildman–Crippen LogP) is 4.49. The van der Waals surface area contributed by atoms with Crippen molar-refractivity contribution >= 4 is 0 Å². The Labute approximate surface area is 114 Å². The van der Waals surface area contributed by atoms with E-state index in [0.29, 0.717) is 5.41 Å². The molecule has 0 aromatic carbocycles. The van der Waals surface area contributed by atoms with Crippen molar-refractivity contribution in [3.63, 3.8) is 0 Å². The van der Waals surface area contributed by atoms with Gasteiger partial charge in [-0.2, -0.15) is 0 Å². The lowest BCUT2D eigenvalue weighted by molar-refractivity contribution is -0.0509. The van der Waals surface area contributed by atoms with Gasteiger partial charge in [-0.1, -0.05) is 31.9 Å². The summed E-state index contributed by atoms with van der Waals surface area (Å²) in [7, 11) is 2.33. The van der Waals surface area contributed by atoms with E-state index in [9.17, 15) is 0 Å². The highest BCUT2D eigenvalue weighted by Gasteiger charge is 2.55. The second-order valence-corrected chi connectivity index (χ2v) is 6.55. The standard InChI is InChI=1S/C15H25N.C2H6/c1-10-9-15(12(3)11(10)2)7-8-16(4)14-6-5-13(14)15;1-2/h10,13-14H,5-9H2,1-4H3;1-2H3. The van der Waals surface area contributed by atoms with Crippen molar-refractivity contribution in [3.8, 4) is 0 Å². The van der Waals surface area contributed by atoms with Gasteiger partial charge in [0.05, 0.1) is 0 Å². The third-order valence-corrected chi connectivity index (χ3v) is 6.17. The molecule has 0 aromatic heterocycles. The van der Waals surface area contributed by atoms with E-state index in [2.05, 4.69) is 32.7 Å². The van der Waals surface area contributed by atoms with Gasteiger partial charge in [-0.25, -0.2) is 0 Å². The van der Waals surface area contributed by atoms with Gasteiger partial charge in [0.25, 0.3) is 0 Å². The molecule has 0 amide bonds. The van der Waals surface area contributed by atoms with Gasteiger partial charge in [0, 0.05) is 6.04 Å². The van der Waals surface area contributed by atoms with E-state index in [4.69, 9.17) is 0 Å².